The molecule has 5 heteroatoms. The Hall–Kier alpha value is -0.576. The molecule has 0 fully saturated rings. The topological polar surface area (TPSA) is 35.5 Å². The van der Waals surface area contributed by atoms with E-state index in [1.165, 1.54) is 6.92 Å². The summed E-state index contributed by atoms with van der Waals surface area (Å²) < 4.78 is 12.0. The highest BCUT2D eigenvalue weighted by molar-refractivity contribution is 6.83. The fraction of sp³-hybridized carbons (Fsp3) is 0.833. The molecule has 0 bridgehead atoms. The van der Waals surface area contributed by atoms with Crippen LogP contribution in [0.3, 0.4) is 0 Å². The standard InChI is InChI=1S/C18H36O3Si2/c1-14(12-13-22(7,8)9)17(20-16(3)19)15(2)21-23(10,11)18(4,5)6/h14-15,17H,1-11H3/t14-,15+,17-/m1/s1. The molecule has 0 aromatic heterocycles. The molecule has 0 radical (unpaired) electrons. The molecule has 0 aliphatic heterocycles. The number of hydrogen-bond acceptors (Lipinski definition) is 3. The fourth-order valence-corrected chi connectivity index (χ4v) is 3.99. The van der Waals surface area contributed by atoms with Crippen LogP contribution in [0.2, 0.25) is 37.8 Å². The highest BCUT2D eigenvalue weighted by Gasteiger charge is 2.41. The van der Waals surface area contributed by atoms with Crippen LogP contribution in [-0.2, 0) is 14.0 Å². The van der Waals surface area contributed by atoms with Gasteiger partial charge in [-0.3, -0.25) is 4.79 Å². The van der Waals surface area contributed by atoms with E-state index < -0.39 is 16.4 Å². The first-order valence-corrected chi connectivity index (χ1v) is 14.9. The number of carbonyl (C=O) groups excluding carboxylic acids is 1. The third-order valence-corrected chi connectivity index (χ3v) is 9.69. The Labute approximate surface area is 145 Å². The minimum Gasteiger partial charge on any atom is -0.459 e. The van der Waals surface area contributed by atoms with E-state index in [4.69, 9.17) is 9.16 Å². The summed E-state index contributed by atoms with van der Waals surface area (Å²) in [6.45, 7) is 23.2. The maximum atomic E-state index is 11.5. The number of carbonyl (C=O) groups is 1. The zero-order valence-electron chi connectivity index (χ0n) is 17.0. The van der Waals surface area contributed by atoms with Crippen molar-refractivity contribution in [2.24, 2.45) is 5.92 Å². The van der Waals surface area contributed by atoms with Crippen molar-refractivity contribution >= 4 is 22.4 Å². The van der Waals surface area contributed by atoms with Crippen molar-refractivity contribution in [3.05, 3.63) is 0 Å². The van der Waals surface area contributed by atoms with Gasteiger partial charge in [0.1, 0.15) is 14.2 Å². The second kappa shape index (κ2) is 8.00. The Balaban J connectivity index is 5.31. The van der Waals surface area contributed by atoms with Crippen LogP contribution >= 0.6 is 0 Å². The van der Waals surface area contributed by atoms with Crippen LogP contribution < -0.4 is 0 Å². The highest BCUT2D eigenvalue weighted by Crippen LogP contribution is 2.38. The van der Waals surface area contributed by atoms with Crippen LogP contribution in [0, 0.1) is 17.4 Å². The lowest BCUT2D eigenvalue weighted by atomic mass is 10.0. The zero-order chi connectivity index (χ0) is 18.6. The summed E-state index contributed by atoms with van der Waals surface area (Å²) in [7, 11) is -3.37. The van der Waals surface area contributed by atoms with E-state index in [2.05, 4.69) is 65.0 Å². The average molecular weight is 357 g/mol. The maximum Gasteiger partial charge on any atom is 0.303 e. The van der Waals surface area contributed by atoms with E-state index in [0.29, 0.717) is 0 Å². The summed E-state index contributed by atoms with van der Waals surface area (Å²) in [5.41, 5.74) is 3.38. The summed E-state index contributed by atoms with van der Waals surface area (Å²) in [5, 5.41) is 0.120. The largest absolute Gasteiger partial charge is 0.459 e. The van der Waals surface area contributed by atoms with Gasteiger partial charge in [-0.25, -0.2) is 0 Å². The molecular formula is C18H36O3Si2. The van der Waals surface area contributed by atoms with Gasteiger partial charge < -0.3 is 9.16 Å². The van der Waals surface area contributed by atoms with Gasteiger partial charge in [0.25, 0.3) is 0 Å². The van der Waals surface area contributed by atoms with Gasteiger partial charge in [0.15, 0.2) is 8.32 Å². The lowest BCUT2D eigenvalue weighted by Gasteiger charge is -2.40. The van der Waals surface area contributed by atoms with Crippen molar-refractivity contribution in [2.45, 2.75) is 91.5 Å². The lowest BCUT2D eigenvalue weighted by molar-refractivity contribution is -0.153. The van der Waals surface area contributed by atoms with Gasteiger partial charge in [0.05, 0.1) is 12.0 Å². The first-order valence-electron chi connectivity index (χ1n) is 8.44. The molecule has 3 nitrogen and oxygen atoms in total. The molecule has 0 heterocycles. The molecule has 0 unspecified atom stereocenters. The number of rotatable bonds is 5. The van der Waals surface area contributed by atoms with Crippen molar-refractivity contribution < 1.29 is 14.0 Å². The zero-order valence-corrected chi connectivity index (χ0v) is 19.0. The molecule has 0 saturated carbocycles. The fourth-order valence-electron chi connectivity index (χ4n) is 1.92. The second-order valence-electron chi connectivity index (χ2n) is 8.97. The van der Waals surface area contributed by atoms with Crippen LogP contribution in [0.4, 0.5) is 0 Å². The molecular weight excluding hydrogens is 320 g/mol. The first-order chi connectivity index (χ1) is 10.1. The van der Waals surface area contributed by atoms with Crippen molar-refractivity contribution in [1.29, 1.82) is 0 Å². The molecule has 3 atom stereocenters. The molecule has 0 spiro atoms. The first kappa shape index (κ1) is 22.4. The van der Waals surface area contributed by atoms with E-state index >= 15 is 0 Å². The predicted molar refractivity (Wildman–Crippen MR) is 104 cm³/mol. The molecule has 23 heavy (non-hydrogen) atoms. The van der Waals surface area contributed by atoms with Gasteiger partial charge in [-0.2, -0.15) is 0 Å². The molecule has 0 amide bonds. The van der Waals surface area contributed by atoms with Crippen LogP contribution in [0.25, 0.3) is 0 Å². The van der Waals surface area contributed by atoms with Gasteiger partial charge in [-0.1, -0.05) is 40.4 Å². The maximum absolute atomic E-state index is 11.5. The molecule has 0 saturated heterocycles. The Morgan fingerprint density at radius 1 is 1.04 bits per heavy atom. The predicted octanol–water partition coefficient (Wildman–Crippen LogP) is 4.85. The van der Waals surface area contributed by atoms with E-state index in [9.17, 15) is 4.79 Å². The minimum atomic E-state index is -1.92. The molecule has 0 N–H and O–H groups in total. The highest BCUT2D eigenvalue weighted by atomic mass is 28.4. The third kappa shape index (κ3) is 8.19. The van der Waals surface area contributed by atoms with Crippen molar-refractivity contribution in [1.82, 2.24) is 0 Å². The molecule has 0 rings (SSSR count). The van der Waals surface area contributed by atoms with Crippen LogP contribution in [0.15, 0.2) is 0 Å². The average Bonchev–Trinajstić information content (AvgIpc) is 2.29. The summed E-state index contributed by atoms with van der Waals surface area (Å²) in [6, 6.07) is 0. The van der Waals surface area contributed by atoms with Crippen molar-refractivity contribution in [2.75, 3.05) is 0 Å². The summed E-state index contributed by atoms with van der Waals surface area (Å²) in [4.78, 5) is 11.5. The lowest BCUT2D eigenvalue weighted by Crippen LogP contribution is -2.48. The Bertz CT molecular complexity index is 461. The Morgan fingerprint density at radius 3 is 1.87 bits per heavy atom. The number of hydrogen-bond donors (Lipinski definition) is 0. The SMILES string of the molecule is CC(=O)O[C@H]([C@H](C)C#C[Si](C)(C)C)[C@H](C)O[Si](C)(C)C(C)(C)C. The van der Waals surface area contributed by atoms with Gasteiger partial charge in [0, 0.05) is 6.92 Å². The van der Waals surface area contributed by atoms with Crippen molar-refractivity contribution in [3.8, 4) is 11.5 Å². The Kier molecular flexibility index (Phi) is 7.80. The van der Waals surface area contributed by atoms with Gasteiger partial charge in [-0.05, 0) is 32.0 Å². The van der Waals surface area contributed by atoms with E-state index in [1.54, 1.807) is 0 Å². The number of esters is 1. The summed E-state index contributed by atoms with van der Waals surface area (Å²) in [6.07, 6.45) is -0.490. The normalized spacial score (nSPS) is 16.8. The van der Waals surface area contributed by atoms with E-state index in [-0.39, 0.29) is 29.1 Å². The summed E-state index contributed by atoms with van der Waals surface area (Å²) >= 11 is 0. The Morgan fingerprint density at radius 2 is 1.52 bits per heavy atom. The molecule has 0 aliphatic rings. The van der Waals surface area contributed by atoms with Crippen LogP contribution in [-0.4, -0.2) is 34.6 Å². The minimum absolute atomic E-state index is 0.0367. The monoisotopic (exact) mass is 356 g/mol. The van der Waals surface area contributed by atoms with Gasteiger partial charge >= 0.3 is 5.97 Å². The van der Waals surface area contributed by atoms with E-state index in [1.807, 2.05) is 13.8 Å². The molecule has 134 valence electrons. The quantitative estimate of drug-likeness (QED) is 0.401. The third-order valence-electron chi connectivity index (χ3n) is 4.22. The molecule has 0 aromatic carbocycles. The van der Waals surface area contributed by atoms with E-state index in [0.717, 1.165) is 0 Å². The van der Waals surface area contributed by atoms with Crippen LogP contribution in [0.1, 0.15) is 41.5 Å². The molecule has 0 aromatic rings. The van der Waals surface area contributed by atoms with Gasteiger partial charge in [-0.15, -0.1) is 11.5 Å². The van der Waals surface area contributed by atoms with Crippen molar-refractivity contribution in [3.63, 3.8) is 0 Å². The second-order valence-corrected chi connectivity index (χ2v) is 18.5. The number of ether oxygens (including phenoxy) is 1. The smallest absolute Gasteiger partial charge is 0.303 e. The van der Waals surface area contributed by atoms with Gasteiger partial charge in [0.2, 0.25) is 0 Å². The molecule has 0 aliphatic carbocycles. The van der Waals surface area contributed by atoms with Crippen LogP contribution in [0.5, 0.6) is 0 Å². The summed E-state index contributed by atoms with van der Waals surface area (Å²) in [5.74, 6) is 2.99.